The highest BCUT2D eigenvalue weighted by Gasteiger charge is 2.37. The summed E-state index contributed by atoms with van der Waals surface area (Å²) in [6.07, 6.45) is 3.36. The smallest absolute Gasteiger partial charge is 0.294 e. The Hall–Kier alpha value is -1.57. The van der Waals surface area contributed by atoms with Gasteiger partial charge in [0, 0.05) is 36.5 Å². The van der Waals surface area contributed by atoms with Crippen LogP contribution in [-0.4, -0.2) is 49.5 Å². The quantitative estimate of drug-likeness (QED) is 0.625. The molecule has 2 heterocycles. The monoisotopic (exact) mass is 378 g/mol. The number of benzene rings is 1. The van der Waals surface area contributed by atoms with E-state index < -0.39 is 0 Å². The fourth-order valence-corrected chi connectivity index (χ4v) is 4.51. The first-order valence-electron chi connectivity index (χ1n) is 9.40. The number of nitrogens with one attached hydrogen (secondary N) is 3. The maximum atomic E-state index is 12.5. The number of amides is 2. The maximum Gasteiger partial charge on any atom is 0.294 e. The van der Waals surface area contributed by atoms with E-state index >= 15 is 0 Å². The van der Waals surface area contributed by atoms with Crippen LogP contribution in [0.1, 0.15) is 43.5 Å². The Balaban J connectivity index is 1.56. The lowest BCUT2D eigenvalue weighted by Crippen LogP contribution is -3.14. The van der Waals surface area contributed by atoms with Gasteiger partial charge < -0.3 is 20.3 Å². The Bertz CT molecular complexity index is 659. The van der Waals surface area contributed by atoms with Crippen molar-refractivity contribution < 1.29 is 19.2 Å². The summed E-state index contributed by atoms with van der Waals surface area (Å²) in [6.45, 7) is 7.31. The van der Waals surface area contributed by atoms with Gasteiger partial charge in [0.05, 0.1) is 24.9 Å². The summed E-state index contributed by atoms with van der Waals surface area (Å²) in [4.78, 5) is 27.2. The van der Waals surface area contributed by atoms with Gasteiger partial charge in [-0.05, 0) is 38.5 Å². The number of thioether (sulfide) groups is 1. The van der Waals surface area contributed by atoms with Crippen molar-refractivity contribution in [3.8, 4) is 0 Å². The van der Waals surface area contributed by atoms with Crippen molar-refractivity contribution in [2.45, 2.75) is 49.5 Å². The van der Waals surface area contributed by atoms with E-state index in [2.05, 4.69) is 10.6 Å². The summed E-state index contributed by atoms with van der Waals surface area (Å²) in [5.41, 5.74) is 1.31. The van der Waals surface area contributed by atoms with Gasteiger partial charge in [-0.3, -0.25) is 9.59 Å². The van der Waals surface area contributed by atoms with Crippen molar-refractivity contribution in [1.29, 1.82) is 0 Å². The third kappa shape index (κ3) is 4.78. The molecule has 142 valence electrons. The van der Waals surface area contributed by atoms with Crippen LogP contribution in [0, 0.1) is 0 Å². The molecule has 2 aliphatic heterocycles. The molecule has 0 saturated carbocycles. The second-order valence-corrected chi connectivity index (χ2v) is 8.24. The molecule has 7 heteroatoms. The van der Waals surface area contributed by atoms with Crippen LogP contribution < -0.4 is 15.5 Å². The number of carbonyl (C=O) groups excluding carboxylic acids is 2. The predicted molar refractivity (Wildman–Crippen MR) is 103 cm³/mol. The second kappa shape index (κ2) is 8.88. The normalized spacial score (nSPS) is 20.1. The van der Waals surface area contributed by atoms with Gasteiger partial charge in [-0.25, -0.2) is 0 Å². The lowest BCUT2D eigenvalue weighted by molar-refractivity contribution is -0.888. The summed E-state index contributed by atoms with van der Waals surface area (Å²) in [5, 5.41) is 5.81. The van der Waals surface area contributed by atoms with Gasteiger partial charge in [0.15, 0.2) is 0 Å². The molecular formula is C19H28N3O3S+. The van der Waals surface area contributed by atoms with Gasteiger partial charge in [-0.1, -0.05) is 11.8 Å². The molecule has 3 rings (SSSR count). The van der Waals surface area contributed by atoms with E-state index in [9.17, 15) is 9.59 Å². The zero-order chi connectivity index (χ0) is 18.5. The number of quaternary nitrogens is 1. The average Bonchev–Trinajstić information content (AvgIpc) is 3.14. The van der Waals surface area contributed by atoms with E-state index in [0.717, 1.165) is 30.1 Å². The Kier molecular flexibility index (Phi) is 6.56. The number of hydrogen-bond donors (Lipinski definition) is 3. The molecule has 2 amide bonds. The molecule has 0 radical (unpaired) electrons. The van der Waals surface area contributed by atoms with Crippen molar-refractivity contribution >= 4 is 29.3 Å². The number of rotatable bonds is 7. The van der Waals surface area contributed by atoms with Crippen LogP contribution in [0.25, 0.3) is 0 Å². The van der Waals surface area contributed by atoms with E-state index in [1.165, 1.54) is 17.7 Å². The molecule has 1 aromatic rings. The van der Waals surface area contributed by atoms with Crippen LogP contribution >= 0.6 is 11.8 Å². The summed E-state index contributed by atoms with van der Waals surface area (Å²) < 4.78 is 5.46. The molecule has 26 heavy (non-hydrogen) atoms. The second-order valence-electron chi connectivity index (χ2n) is 7.09. The molecule has 1 aromatic carbocycles. The highest BCUT2D eigenvalue weighted by atomic mass is 32.2. The third-order valence-corrected chi connectivity index (χ3v) is 6.05. The molecule has 6 nitrogen and oxygen atoms in total. The molecule has 2 aliphatic rings. The molecule has 0 bridgehead atoms. The van der Waals surface area contributed by atoms with Crippen molar-refractivity contribution in [1.82, 2.24) is 5.32 Å². The average molecular weight is 379 g/mol. The van der Waals surface area contributed by atoms with Crippen molar-refractivity contribution in [2.24, 2.45) is 0 Å². The fraction of sp³-hybridized carbons (Fsp3) is 0.579. The predicted octanol–water partition coefficient (Wildman–Crippen LogP) is 1.28. The summed E-state index contributed by atoms with van der Waals surface area (Å²) >= 11 is 1.61. The van der Waals surface area contributed by atoms with Gasteiger partial charge in [-0.15, -0.1) is 0 Å². The maximum absolute atomic E-state index is 12.5. The van der Waals surface area contributed by atoms with Crippen LogP contribution in [0.4, 0.5) is 5.69 Å². The van der Waals surface area contributed by atoms with Crippen molar-refractivity contribution in [3.63, 3.8) is 0 Å². The number of likely N-dealkylation sites (tertiary alicyclic amines) is 1. The van der Waals surface area contributed by atoms with Gasteiger partial charge in [0.1, 0.15) is 0 Å². The van der Waals surface area contributed by atoms with Crippen LogP contribution in [0.15, 0.2) is 23.1 Å². The minimum Gasteiger partial charge on any atom is -0.379 e. The van der Waals surface area contributed by atoms with Crippen LogP contribution in [0.3, 0.4) is 0 Å². The first-order valence-corrected chi connectivity index (χ1v) is 10.3. The van der Waals surface area contributed by atoms with E-state index in [4.69, 9.17) is 4.74 Å². The molecule has 1 atom stereocenters. The molecule has 0 aliphatic carbocycles. The third-order valence-electron chi connectivity index (χ3n) is 4.66. The first-order chi connectivity index (χ1) is 12.5. The lowest BCUT2D eigenvalue weighted by Gasteiger charge is -2.28. The van der Waals surface area contributed by atoms with Crippen molar-refractivity contribution in [2.75, 3.05) is 31.6 Å². The van der Waals surface area contributed by atoms with E-state index in [1.54, 1.807) is 17.8 Å². The zero-order valence-corrected chi connectivity index (χ0v) is 16.3. The number of anilines is 1. The number of hydrogen-bond acceptors (Lipinski definition) is 4. The number of ether oxygens (including phenoxy) is 1. The highest BCUT2D eigenvalue weighted by molar-refractivity contribution is 8.00. The number of carbonyl (C=O) groups is 2. The lowest BCUT2D eigenvalue weighted by atomic mass is 10.1. The standard InChI is InChI=1S/C19H27N3O3S/c1-13(2)25-11-5-8-20-17(23)14-6-7-16-15(12-14)21-18(24)19(26-16)22-9-3-4-10-22/h6-7,12-13,19H,3-5,8-11H2,1-2H3,(H,20,23)(H,21,24)/p+1. The van der Waals surface area contributed by atoms with E-state index in [0.29, 0.717) is 18.7 Å². The molecule has 1 saturated heterocycles. The van der Waals surface area contributed by atoms with E-state index in [-0.39, 0.29) is 23.3 Å². The van der Waals surface area contributed by atoms with Crippen LogP contribution in [-0.2, 0) is 9.53 Å². The molecular weight excluding hydrogens is 350 g/mol. The topological polar surface area (TPSA) is 71.9 Å². The van der Waals surface area contributed by atoms with Crippen LogP contribution in [0.2, 0.25) is 0 Å². The molecule has 0 spiro atoms. The molecule has 3 N–H and O–H groups in total. The minimum absolute atomic E-state index is 0.0443. The Morgan fingerprint density at radius 2 is 2.15 bits per heavy atom. The van der Waals surface area contributed by atoms with Gasteiger partial charge in [0.2, 0.25) is 5.37 Å². The largest absolute Gasteiger partial charge is 0.379 e. The zero-order valence-electron chi connectivity index (χ0n) is 15.5. The van der Waals surface area contributed by atoms with Crippen molar-refractivity contribution in [3.05, 3.63) is 23.8 Å². The highest BCUT2D eigenvalue weighted by Crippen LogP contribution is 2.34. The Labute approximate surface area is 159 Å². The van der Waals surface area contributed by atoms with Gasteiger partial charge in [0.25, 0.3) is 11.8 Å². The Morgan fingerprint density at radius 3 is 2.88 bits per heavy atom. The molecule has 0 aromatic heterocycles. The summed E-state index contributed by atoms with van der Waals surface area (Å²) in [5.74, 6) is -0.0771. The molecule has 1 unspecified atom stereocenters. The summed E-state index contributed by atoms with van der Waals surface area (Å²) in [7, 11) is 0. The van der Waals surface area contributed by atoms with Crippen LogP contribution in [0.5, 0.6) is 0 Å². The van der Waals surface area contributed by atoms with Gasteiger partial charge in [-0.2, -0.15) is 0 Å². The molecule has 1 fully saturated rings. The SMILES string of the molecule is CC(C)OCCCNC(=O)c1ccc2c(c1)NC(=O)C([NH+]1CCCC1)S2. The number of fused-ring (bicyclic) bond motifs is 1. The van der Waals surface area contributed by atoms with Gasteiger partial charge >= 0.3 is 0 Å². The first kappa shape index (κ1) is 19.2. The Morgan fingerprint density at radius 1 is 1.38 bits per heavy atom. The fourth-order valence-electron chi connectivity index (χ4n) is 3.31. The summed E-state index contributed by atoms with van der Waals surface area (Å²) in [6, 6.07) is 5.55. The minimum atomic E-state index is -0.121. The van der Waals surface area contributed by atoms with E-state index in [1.807, 2.05) is 26.0 Å².